The van der Waals surface area contributed by atoms with Crippen molar-refractivity contribution in [3.05, 3.63) is 0 Å². The Morgan fingerprint density at radius 3 is 1.80 bits per heavy atom. The average Bonchev–Trinajstić information content (AvgIpc) is 2.55. The molecular formula is C11H27NO2S. The van der Waals surface area contributed by atoms with Gasteiger partial charge in [-0.1, -0.05) is 34.6 Å². The van der Waals surface area contributed by atoms with Gasteiger partial charge in [0.25, 0.3) is 0 Å². The van der Waals surface area contributed by atoms with Crippen molar-refractivity contribution >= 4 is 10.0 Å². The van der Waals surface area contributed by atoms with Gasteiger partial charge in [0.05, 0.1) is 6.26 Å². The van der Waals surface area contributed by atoms with E-state index < -0.39 is 10.0 Å². The molecule has 1 rings (SSSR count). The van der Waals surface area contributed by atoms with E-state index in [1.807, 2.05) is 27.7 Å². The summed E-state index contributed by atoms with van der Waals surface area (Å²) in [6.07, 6.45) is 4.35. The lowest BCUT2D eigenvalue weighted by molar-refractivity contribution is 0.542. The zero-order valence-electron chi connectivity index (χ0n) is 11.0. The Bertz CT molecular complexity index is 225. The number of hydrogen-bond donors (Lipinski definition) is 1. The predicted molar refractivity (Wildman–Crippen MR) is 67.5 cm³/mol. The molecule has 3 nitrogen and oxygen atoms in total. The van der Waals surface area contributed by atoms with Crippen LogP contribution in [-0.4, -0.2) is 20.7 Å². The van der Waals surface area contributed by atoms with Crippen LogP contribution in [0.5, 0.6) is 0 Å². The van der Waals surface area contributed by atoms with E-state index in [1.54, 1.807) is 0 Å². The van der Waals surface area contributed by atoms with E-state index in [2.05, 4.69) is 11.6 Å². The van der Waals surface area contributed by atoms with E-state index in [0.717, 1.165) is 19.3 Å². The van der Waals surface area contributed by atoms with Crippen molar-refractivity contribution in [2.24, 2.45) is 5.92 Å². The topological polar surface area (TPSA) is 46.2 Å². The summed E-state index contributed by atoms with van der Waals surface area (Å²) >= 11 is 0. The summed E-state index contributed by atoms with van der Waals surface area (Å²) in [7, 11) is -2.98. The Labute approximate surface area is 95.7 Å². The summed E-state index contributed by atoms with van der Waals surface area (Å²) in [6, 6.07) is 0.194. The maximum absolute atomic E-state index is 10.8. The minimum atomic E-state index is -2.98. The minimum absolute atomic E-state index is 0.194. The van der Waals surface area contributed by atoms with Crippen molar-refractivity contribution in [1.29, 1.82) is 0 Å². The summed E-state index contributed by atoms with van der Waals surface area (Å²) in [6.45, 7) is 10.2. The second kappa shape index (κ2) is 9.16. The quantitative estimate of drug-likeness (QED) is 0.802. The van der Waals surface area contributed by atoms with Crippen LogP contribution in [0, 0.1) is 5.92 Å². The zero-order chi connectivity index (χ0) is 12.5. The van der Waals surface area contributed by atoms with E-state index in [4.69, 9.17) is 0 Å². The van der Waals surface area contributed by atoms with Crippen LogP contribution in [0.2, 0.25) is 0 Å². The first-order valence-electron chi connectivity index (χ1n) is 5.94. The van der Waals surface area contributed by atoms with Crippen molar-refractivity contribution in [3.63, 3.8) is 0 Å². The molecule has 0 saturated heterocycles. The molecule has 0 aromatic rings. The van der Waals surface area contributed by atoms with Crippen molar-refractivity contribution in [2.45, 2.75) is 59.9 Å². The van der Waals surface area contributed by atoms with E-state index in [-0.39, 0.29) is 6.04 Å². The summed E-state index contributed by atoms with van der Waals surface area (Å²) in [5, 5.41) is 0. The molecular weight excluding hydrogens is 210 g/mol. The van der Waals surface area contributed by atoms with Crippen molar-refractivity contribution < 1.29 is 8.42 Å². The van der Waals surface area contributed by atoms with Crippen LogP contribution >= 0.6 is 0 Å². The lowest BCUT2D eigenvalue weighted by Crippen LogP contribution is -2.31. The molecule has 0 radical (unpaired) electrons. The first-order chi connectivity index (χ1) is 6.97. The largest absolute Gasteiger partial charge is 0.213 e. The maximum Gasteiger partial charge on any atom is 0.208 e. The van der Waals surface area contributed by atoms with E-state index in [1.165, 1.54) is 6.26 Å². The van der Waals surface area contributed by atoms with E-state index in [9.17, 15) is 8.42 Å². The molecule has 0 bridgehead atoms. The average molecular weight is 237 g/mol. The fourth-order valence-corrected chi connectivity index (χ4v) is 2.44. The Morgan fingerprint density at radius 2 is 1.53 bits per heavy atom. The molecule has 1 aliphatic carbocycles. The predicted octanol–water partition coefficient (Wildman–Crippen LogP) is 2.78. The van der Waals surface area contributed by atoms with Crippen LogP contribution in [0.4, 0.5) is 0 Å². The Balaban J connectivity index is 0. The second-order valence-electron chi connectivity index (χ2n) is 3.51. The summed E-state index contributed by atoms with van der Waals surface area (Å²) < 4.78 is 24.2. The number of sulfonamides is 1. The minimum Gasteiger partial charge on any atom is -0.213 e. The normalized spacial score (nSPS) is 24.7. The van der Waals surface area contributed by atoms with Crippen LogP contribution in [0.3, 0.4) is 0 Å². The summed E-state index contributed by atoms with van der Waals surface area (Å²) in [5.74, 6) is 0.675. The Morgan fingerprint density at radius 1 is 1.07 bits per heavy atom. The standard InChI is InChI=1S/C7H15NO2S.2C2H6/c1-6-3-4-7(5-6)8-11(2,9)10;2*1-2/h6-8H,3-5H2,1-2H3;2*1-2H3. The molecule has 2 unspecified atom stereocenters. The van der Waals surface area contributed by atoms with Crippen LogP contribution in [0.1, 0.15) is 53.9 Å². The van der Waals surface area contributed by atoms with Crippen molar-refractivity contribution in [2.75, 3.05) is 6.26 Å². The lowest BCUT2D eigenvalue weighted by Gasteiger charge is -2.08. The third-order valence-corrected chi connectivity index (χ3v) is 2.84. The molecule has 1 aliphatic rings. The van der Waals surface area contributed by atoms with Crippen LogP contribution in [0.25, 0.3) is 0 Å². The second-order valence-corrected chi connectivity index (χ2v) is 5.29. The van der Waals surface area contributed by atoms with E-state index in [0.29, 0.717) is 5.92 Å². The van der Waals surface area contributed by atoms with Gasteiger partial charge in [0, 0.05) is 6.04 Å². The van der Waals surface area contributed by atoms with Crippen LogP contribution < -0.4 is 4.72 Å². The lowest BCUT2D eigenvalue weighted by atomic mass is 10.1. The molecule has 94 valence electrons. The van der Waals surface area contributed by atoms with Gasteiger partial charge in [-0.25, -0.2) is 13.1 Å². The first kappa shape index (κ1) is 17.3. The molecule has 0 aliphatic heterocycles. The van der Waals surface area contributed by atoms with Gasteiger partial charge in [-0.05, 0) is 25.2 Å². The Kier molecular flexibility index (Phi) is 10.6. The van der Waals surface area contributed by atoms with Crippen molar-refractivity contribution in [3.8, 4) is 0 Å². The van der Waals surface area contributed by atoms with Crippen LogP contribution in [-0.2, 0) is 10.0 Å². The highest BCUT2D eigenvalue weighted by molar-refractivity contribution is 7.88. The molecule has 4 heteroatoms. The molecule has 0 aromatic heterocycles. The third-order valence-electron chi connectivity index (χ3n) is 2.08. The highest BCUT2D eigenvalue weighted by Gasteiger charge is 2.23. The molecule has 1 fully saturated rings. The SMILES string of the molecule is CC.CC.CC1CCC(NS(C)(=O)=O)C1. The van der Waals surface area contributed by atoms with Crippen molar-refractivity contribution in [1.82, 2.24) is 4.72 Å². The first-order valence-corrected chi connectivity index (χ1v) is 7.84. The highest BCUT2D eigenvalue weighted by Crippen LogP contribution is 2.24. The molecule has 0 spiro atoms. The zero-order valence-corrected chi connectivity index (χ0v) is 11.8. The molecule has 0 heterocycles. The summed E-state index contributed by atoms with van der Waals surface area (Å²) in [5.41, 5.74) is 0. The van der Waals surface area contributed by atoms with Gasteiger partial charge in [-0.2, -0.15) is 0 Å². The number of hydrogen-bond acceptors (Lipinski definition) is 2. The van der Waals surface area contributed by atoms with Gasteiger partial charge in [0.15, 0.2) is 0 Å². The van der Waals surface area contributed by atoms with Gasteiger partial charge >= 0.3 is 0 Å². The number of rotatable bonds is 2. The fraction of sp³-hybridized carbons (Fsp3) is 1.00. The van der Waals surface area contributed by atoms with E-state index >= 15 is 0 Å². The smallest absolute Gasteiger partial charge is 0.208 e. The molecule has 15 heavy (non-hydrogen) atoms. The number of nitrogens with one attached hydrogen (secondary N) is 1. The molecule has 0 amide bonds. The fourth-order valence-electron chi connectivity index (χ4n) is 1.62. The monoisotopic (exact) mass is 237 g/mol. The Hall–Kier alpha value is -0.0900. The molecule has 0 aromatic carbocycles. The van der Waals surface area contributed by atoms with Gasteiger partial charge < -0.3 is 0 Å². The molecule has 1 N–H and O–H groups in total. The van der Waals surface area contributed by atoms with Gasteiger partial charge in [0.2, 0.25) is 10.0 Å². The third kappa shape index (κ3) is 10.2. The molecule has 1 saturated carbocycles. The van der Waals surface area contributed by atoms with Gasteiger partial charge in [0.1, 0.15) is 0 Å². The molecule has 2 atom stereocenters. The van der Waals surface area contributed by atoms with Gasteiger partial charge in [-0.3, -0.25) is 0 Å². The van der Waals surface area contributed by atoms with Gasteiger partial charge in [-0.15, -0.1) is 0 Å². The summed E-state index contributed by atoms with van der Waals surface area (Å²) in [4.78, 5) is 0. The highest BCUT2D eigenvalue weighted by atomic mass is 32.2. The van der Waals surface area contributed by atoms with Crippen LogP contribution in [0.15, 0.2) is 0 Å². The maximum atomic E-state index is 10.8.